The van der Waals surface area contributed by atoms with Crippen LogP contribution in [0.3, 0.4) is 0 Å². The van der Waals surface area contributed by atoms with E-state index in [1.54, 1.807) is 5.48 Å². The Balaban J connectivity index is 1.94. The molecule has 5 heteroatoms. The maximum atomic E-state index is 12.0. The van der Waals surface area contributed by atoms with Gasteiger partial charge in [-0.3, -0.25) is 10.0 Å². The maximum absolute atomic E-state index is 12.0. The highest BCUT2D eigenvalue weighted by Gasteiger charge is 2.47. The number of unbranched alkanes of at least 4 members (excludes halogenated alkanes) is 3. The van der Waals surface area contributed by atoms with E-state index in [2.05, 4.69) is 40.7 Å². The molecular formula is C25H37NO4. The number of phenols is 1. The van der Waals surface area contributed by atoms with Crippen LogP contribution in [0.1, 0.15) is 96.6 Å². The first kappa shape index (κ1) is 22.7. The van der Waals surface area contributed by atoms with Crippen molar-refractivity contribution in [1.29, 1.82) is 0 Å². The number of fused-ring (bicyclic) bond motifs is 3. The summed E-state index contributed by atoms with van der Waals surface area (Å²) in [7, 11) is 0. The standard InChI is InChI=1S/C25H37NO4/c1-6-7-8-9-12-24(2,3)17-14-20(27)22-18-13-16(23(28)26-29)10-11-19(18)25(4,5)30-21(22)15-17/h10,14-15,18-19,27,29H,6-9,11-13H2,1-5H3,(H,26,28)/t18-,19-/m1/s1. The summed E-state index contributed by atoms with van der Waals surface area (Å²) in [5.41, 5.74) is 3.72. The molecule has 3 rings (SSSR count). The number of hydrogen-bond donors (Lipinski definition) is 3. The van der Waals surface area contributed by atoms with Crippen LogP contribution in [0.25, 0.3) is 0 Å². The Hall–Kier alpha value is -2.01. The van der Waals surface area contributed by atoms with Crippen LogP contribution in [0.4, 0.5) is 0 Å². The number of phenolic OH excluding ortho intramolecular Hbond substituents is 1. The molecule has 30 heavy (non-hydrogen) atoms. The van der Waals surface area contributed by atoms with Gasteiger partial charge in [0.2, 0.25) is 0 Å². The average molecular weight is 416 g/mol. The van der Waals surface area contributed by atoms with Gasteiger partial charge < -0.3 is 9.84 Å². The zero-order valence-corrected chi connectivity index (χ0v) is 19.0. The van der Waals surface area contributed by atoms with E-state index < -0.39 is 11.5 Å². The molecule has 1 heterocycles. The summed E-state index contributed by atoms with van der Waals surface area (Å²) in [6.45, 7) is 10.8. The summed E-state index contributed by atoms with van der Waals surface area (Å²) < 4.78 is 6.43. The highest BCUT2D eigenvalue weighted by Crippen LogP contribution is 2.55. The second kappa shape index (κ2) is 8.62. The lowest BCUT2D eigenvalue weighted by Gasteiger charge is -2.47. The number of carbonyl (C=O) groups excluding carboxylic acids is 1. The fraction of sp³-hybridized carbons (Fsp3) is 0.640. The van der Waals surface area contributed by atoms with Crippen molar-refractivity contribution < 1.29 is 19.8 Å². The molecule has 5 nitrogen and oxygen atoms in total. The molecule has 1 aliphatic carbocycles. The van der Waals surface area contributed by atoms with E-state index in [-0.39, 0.29) is 23.0 Å². The van der Waals surface area contributed by atoms with Gasteiger partial charge in [-0.2, -0.15) is 0 Å². The van der Waals surface area contributed by atoms with Gasteiger partial charge in [0.15, 0.2) is 0 Å². The van der Waals surface area contributed by atoms with E-state index >= 15 is 0 Å². The SMILES string of the molecule is CCCCCCC(C)(C)c1cc(O)c2c(c1)OC(C)(C)[C@@H]1CC=C(C(=O)NO)C[C@@H]21. The zero-order valence-electron chi connectivity index (χ0n) is 19.0. The summed E-state index contributed by atoms with van der Waals surface area (Å²) in [5, 5.41) is 20.1. The van der Waals surface area contributed by atoms with Gasteiger partial charge in [0.05, 0.1) is 0 Å². The number of aromatic hydroxyl groups is 1. The van der Waals surface area contributed by atoms with Crippen LogP contribution >= 0.6 is 0 Å². The number of benzene rings is 1. The van der Waals surface area contributed by atoms with Crippen molar-refractivity contribution in [3.05, 3.63) is 34.9 Å². The van der Waals surface area contributed by atoms with Crippen molar-refractivity contribution in [2.24, 2.45) is 5.92 Å². The monoisotopic (exact) mass is 415 g/mol. The van der Waals surface area contributed by atoms with Crippen LogP contribution in [-0.4, -0.2) is 21.8 Å². The Morgan fingerprint density at radius 1 is 1.27 bits per heavy atom. The molecule has 0 fully saturated rings. The van der Waals surface area contributed by atoms with E-state index in [1.807, 2.05) is 12.1 Å². The fourth-order valence-corrected chi connectivity index (χ4v) is 5.18. The van der Waals surface area contributed by atoms with E-state index in [0.717, 1.165) is 23.3 Å². The lowest BCUT2D eigenvalue weighted by molar-refractivity contribution is -0.125. The van der Waals surface area contributed by atoms with Crippen LogP contribution < -0.4 is 10.2 Å². The van der Waals surface area contributed by atoms with Gasteiger partial charge >= 0.3 is 0 Å². The number of carbonyl (C=O) groups is 1. The molecule has 0 bridgehead atoms. The number of hydroxylamine groups is 1. The Labute approximate surface area is 180 Å². The van der Waals surface area contributed by atoms with E-state index in [1.165, 1.54) is 25.7 Å². The Morgan fingerprint density at radius 3 is 2.67 bits per heavy atom. The number of rotatable bonds is 7. The minimum Gasteiger partial charge on any atom is -0.508 e. The fourth-order valence-electron chi connectivity index (χ4n) is 5.18. The van der Waals surface area contributed by atoms with Crippen molar-refractivity contribution in [3.8, 4) is 11.5 Å². The molecule has 3 N–H and O–H groups in total. The third-order valence-electron chi connectivity index (χ3n) is 7.13. The predicted octanol–water partition coefficient (Wildman–Crippen LogP) is 5.74. The van der Waals surface area contributed by atoms with Crippen molar-refractivity contribution in [1.82, 2.24) is 5.48 Å². The van der Waals surface area contributed by atoms with Crippen molar-refractivity contribution in [2.45, 2.75) is 96.5 Å². The first-order chi connectivity index (χ1) is 14.1. The molecule has 0 aromatic heterocycles. The summed E-state index contributed by atoms with van der Waals surface area (Å²) in [5.74, 6) is 0.634. The molecule has 1 aromatic carbocycles. The van der Waals surface area contributed by atoms with Gasteiger partial charge in [0, 0.05) is 23.0 Å². The van der Waals surface area contributed by atoms with Gasteiger partial charge in [0.1, 0.15) is 17.1 Å². The van der Waals surface area contributed by atoms with Crippen molar-refractivity contribution >= 4 is 5.91 Å². The molecule has 0 saturated heterocycles. The quantitative estimate of drug-likeness (QED) is 0.302. The number of ether oxygens (including phenoxy) is 1. The second-order valence-electron chi connectivity index (χ2n) is 10.1. The van der Waals surface area contributed by atoms with E-state index in [0.29, 0.717) is 18.4 Å². The first-order valence-corrected chi connectivity index (χ1v) is 11.3. The zero-order chi connectivity index (χ0) is 22.1. The minimum absolute atomic E-state index is 0.0252. The molecule has 2 atom stereocenters. The third-order valence-corrected chi connectivity index (χ3v) is 7.13. The summed E-state index contributed by atoms with van der Waals surface area (Å²) >= 11 is 0. The van der Waals surface area contributed by atoms with Crippen LogP contribution in [0.15, 0.2) is 23.8 Å². The van der Waals surface area contributed by atoms with Gasteiger partial charge in [0.25, 0.3) is 5.91 Å². The maximum Gasteiger partial charge on any atom is 0.270 e. The van der Waals surface area contributed by atoms with Gasteiger partial charge in [-0.15, -0.1) is 0 Å². The van der Waals surface area contributed by atoms with Crippen molar-refractivity contribution in [2.75, 3.05) is 0 Å². The molecule has 2 aliphatic rings. The smallest absolute Gasteiger partial charge is 0.270 e. The molecular weight excluding hydrogens is 378 g/mol. The van der Waals surface area contributed by atoms with Crippen LogP contribution in [-0.2, 0) is 10.2 Å². The lowest BCUT2D eigenvalue weighted by atomic mass is 9.66. The van der Waals surface area contributed by atoms with Crippen LogP contribution in [0.2, 0.25) is 0 Å². The second-order valence-corrected chi connectivity index (χ2v) is 10.1. The number of amides is 1. The molecule has 1 amide bonds. The minimum atomic E-state index is -0.469. The summed E-state index contributed by atoms with van der Waals surface area (Å²) in [6.07, 6.45) is 8.96. The molecule has 1 aliphatic heterocycles. The molecule has 1 aromatic rings. The van der Waals surface area contributed by atoms with Crippen molar-refractivity contribution in [3.63, 3.8) is 0 Å². The van der Waals surface area contributed by atoms with E-state index in [9.17, 15) is 9.90 Å². The highest BCUT2D eigenvalue weighted by molar-refractivity contribution is 5.92. The number of hydrogen-bond acceptors (Lipinski definition) is 4. The lowest BCUT2D eigenvalue weighted by Crippen LogP contribution is -2.46. The Kier molecular flexibility index (Phi) is 6.51. The normalized spacial score (nSPS) is 22.4. The molecule has 0 saturated carbocycles. The average Bonchev–Trinajstić information content (AvgIpc) is 2.69. The van der Waals surface area contributed by atoms with E-state index in [4.69, 9.17) is 9.94 Å². The summed E-state index contributed by atoms with van der Waals surface area (Å²) in [6, 6.07) is 3.98. The molecule has 166 valence electrons. The first-order valence-electron chi connectivity index (χ1n) is 11.3. The Bertz CT molecular complexity index is 825. The molecule has 0 radical (unpaired) electrons. The van der Waals surface area contributed by atoms with Gasteiger partial charge in [-0.25, -0.2) is 5.48 Å². The third kappa shape index (κ3) is 4.36. The van der Waals surface area contributed by atoms with Crippen LogP contribution in [0, 0.1) is 5.92 Å². The molecule has 0 unspecified atom stereocenters. The molecule has 0 spiro atoms. The van der Waals surface area contributed by atoms with Crippen LogP contribution in [0.5, 0.6) is 11.5 Å². The highest BCUT2D eigenvalue weighted by atomic mass is 16.5. The number of nitrogens with one attached hydrogen (secondary N) is 1. The van der Waals surface area contributed by atoms with Gasteiger partial charge in [-0.05, 0) is 56.2 Å². The largest absolute Gasteiger partial charge is 0.508 e. The Morgan fingerprint density at radius 2 is 2.00 bits per heavy atom. The number of allylic oxidation sites excluding steroid dienone is 1. The topological polar surface area (TPSA) is 78.8 Å². The summed E-state index contributed by atoms with van der Waals surface area (Å²) in [4.78, 5) is 12.0. The van der Waals surface area contributed by atoms with Gasteiger partial charge in [-0.1, -0.05) is 52.5 Å². The predicted molar refractivity (Wildman–Crippen MR) is 118 cm³/mol.